The van der Waals surface area contributed by atoms with Gasteiger partial charge in [-0.3, -0.25) is 4.79 Å². The van der Waals surface area contributed by atoms with Crippen molar-refractivity contribution in [2.75, 3.05) is 19.8 Å². The van der Waals surface area contributed by atoms with Crippen LogP contribution >= 0.6 is 0 Å². The van der Waals surface area contributed by atoms with Crippen molar-refractivity contribution in [1.82, 2.24) is 0 Å². The lowest BCUT2D eigenvalue weighted by atomic mass is 10.2. The summed E-state index contributed by atoms with van der Waals surface area (Å²) in [5.41, 5.74) is 5.57. The Morgan fingerprint density at radius 2 is 1.93 bits per heavy atom. The molecule has 0 radical (unpaired) electrons. The number of carbonyl (C=O) groups is 1. The fourth-order valence-electron chi connectivity index (χ4n) is 1.09. The average Bonchev–Trinajstić information content (AvgIpc) is 2.23. The molecule has 1 unspecified atom stereocenters. The lowest BCUT2D eigenvalue weighted by Gasteiger charge is -2.10. The van der Waals surface area contributed by atoms with Crippen LogP contribution in [0.25, 0.3) is 0 Å². The lowest BCUT2D eigenvalue weighted by molar-refractivity contribution is -0.146. The van der Waals surface area contributed by atoms with Gasteiger partial charge in [-0.15, -0.1) is 0 Å². The molecule has 0 saturated carbocycles. The fraction of sp³-hybridized carbons (Fsp3) is 0.909. The molecule has 4 heteroatoms. The highest BCUT2D eigenvalue weighted by atomic mass is 16.6. The third-order valence-corrected chi connectivity index (χ3v) is 2.02. The Bertz CT molecular complexity index is 162. The summed E-state index contributed by atoms with van der Waals surface area (Å²) in [6.45, 7) is 5.59. The molecule has 0 fully saturated rings. The number of unbranched alkanes of at least 4 members (excludes halogenated alkanes) is 1. The molecule has 0 aliphatic carbocycles. The zero-order chi connectivity index (χ0) is 11.5. The molecule has 0 aromatic heterocycles. The first-order valence-electron chi connectivity index (χ1n) is 5.72. The van der Waals surface area contributed by atoms with Gasteiger partial charge in [0.05, 0.1) is 6.61 Å². The lowest BCUT2D eigenvalue weighted by Crippen LogP contribution is -2.32. The van der Waals surface area contributed by atoms with Crippen molar-refractivity contribution in [3.63, 3.8) is 0 Å². The minimum atomic E-state index is -0.481. The summed E-state index contributed by atoms with van der Waals surface area (Å²) in [4.78, 5) is 11.2. The maximum absolute atomic E-state index is 11.2. The zero-order valence-corrected chi connectivity index (χ0v) is 9.83. The van der Waals surface area contributed by atoms with Crippen LogP contribution in [0.3, 0.4) is 0 Å². The van der Waals surface area contributed by atoms with Crippen LogP contribution in [-0.4, -0.2) is 31.8 Å². The monoisotopic (exact) mass is 217 g/mol. The van der Waals surface area contributed by atoms with Crippen LogP contribution in [0, 0.1) is 0 Å². The number of carbonyl (C=O) groups excluding carboxylic acids is 1. The third-order valence-electron chi connectivity index (χ3n) is 2.02. The smallest absolute Gasteiger partial charge is 0.322 e. The Hall–Kier alpha value is -0.610. The number of hydrogen-bond acceptors (Lipinski definition) is 4. The van der Waals surface area contributed by atoms with Crippen LogP contribution in [0.1, 0.15) is 39.5 Å². The van der Waals surface area contributed by atoms with Crippen molar-refractivity contribution in [3.05, 3.63) is 0 Å². The van der Waals surface area contributed by atoms with Gasteiger partial charge in [0.2, 0.25) is 0 Å². The quantitative estimate of drug-likeness (QED) is 0.469. The van der Waals surface area contributed by atoms with Crippen molar-refractivity contribution in [2.45, 2.75) is 45.6 Å². The van der Waals surface area contributed by atoms with Crippen molar-refractivity contribution >= 4 is 5.97 Å². The van der Waals surface area contributed by atoms with Gasteiger partial charge in [-0.05, 0) is 12.8 Å². The van der Waals surface area contributed by atoms with Crippen LogP contribution in [0.15, 0.2) is 0 Å². The number of nitrogens with two attached hydrogens (primary N) is 1. The molecule has 1 atom stereocenters. The zero-order valence-electron chi connectivity index (χ0n) is 9.83. The molecule has 0 aromatic carbocycles. The highest BCUT2D eigenvalue weighted by molar-refractivity contribution is 5.75. The molecule has 2 N–H and O–H groups in total. The van der Waals surface area contributed by atoms with E-state index in [1.807, 2.05) is 6.92 Å². The van der Waals surface area contributed by atoms with E-state index in [9.17, 15) is 4.79 Å². The normalized spacial score (nSPS) is 12.5. The van der Waals surface area contributed by atoms with Gasteiger partial charge in [0.25, 0.3) is 0 Å². The van der Waals surface area contributed by atoms with Crippen LogP contribution < -0.4 is 5.73 Å². The molecule has 0 heterocycles. The molecule has 0 rings (SSSR count). The molecule has 90 valence electrons. The Morgan fingerprint density at radius 3 is 2.53 bits per heavy atom. The van der Waals surface area contributed by atoms with Crippen LogP contribution in [0.2, 0.25) is 0 Å². The van der Waals surface area contributed by atoms with Crippen LogP contribution in [0.5, 0.6) is 0 Å². The number of ether oxygens (including phenoxy) is 2. The Balaban J connectivity index is 3.30. The minimum absolute atomic E-state index is 0.306. The van der Waals surface area contributed by atoms with E-state index >= 15 is 0 Å². The second-order valence-electron chi connectivity index (χ2n) is 3.53. The first kappa shape index (κ1) is 14.4. The summed E-state index contributed by atoms with van der Waals surface area (Å²) in [5.74, 6) is -0.323. The van der Waals surface area contributed by atoms with Gasteiger partial charge in [-0.2, -0.15) is 0 Å². The number of esters is 1. The fourth-order valence-corrected chi connectivity index (χ4v) is 1.09. The molecule has 0 saturated heterocycles. The highest BCUT2D eigenvalue weighted by Crippen LogP contribution is 1.96. The Labute approximate surface area is 92.1 Å². The van der Waals surface area contributed by atoms with Crippen LogP contribution in [0.4, 0.5) is 0 Å². The molecular weight excluding hydrogens is 194 g/mol. The van der Waals surface area contributed by atoms with Gasteiger partial charge in [-0.25, -0.2) is 0 Å². The third kappa shape index (κ3) is 8.39. The summed E-state index contributed by atoms with van der Waals surface area (Å²) < 4.78 is 10.2. The van der Waals surface area contributed by atoms with Crippen molar-refractivity contribution in [2.24, 2.45) is 5.73 Å². The topological polar surface area (TPSA) is 61.5 Å². The van der Waals surface area contributed by atoms with Gasteiger partial charge in [0.1, 0.15) is 12.6 Å². The standard InChI is InChI=1S/C11H23NO3/c1-3-5-7-14-8-9-15-11(13)10(12)6-4-2/h10H,3-9,12H2,1-2H3. The Morgan fingerprint density at radius 1 is 1.20 bits per heavy atom. The van der Waals surface area contributed by atoms with E-state index in [1.54, 1.807) is 0 Å². The van der Waals surface area contributed by atoms with Crippen molar-refractivity contribution in [3.8, 4) is 0 Å². The minimum Gasteiger partial charge on any atom is -0.462 e. The van der Waals surface area contributed by atoms with Crippen LogP contribution in [-0.2, 0) is 14.3 Å². The number of rotatable bonds is 9. The van der Waals surface area contributed by atoms with E-state index in [2.05, 4.69) is 6.92 Å². The predicted octanol–water partition coefficient (Wildman–Crippen LogP) is 1.47. The van der Waals surface area contributed by atoms with Gasteiger partial charge in [0.15, 0.2) is 0 Å². The molecule has 0 aliphatic heterocycles. The molecule has 0 spiro atoms. The maximum Gasteiger partial charge on any atom is 0.322 e. The first-order valence-corrected chi connectivity index (χ1v) is 5.72. The van der Waals surface area contributed by atoms with Gasteiger partial charge in [-0.1, -0.05) is 26.7 Å². The average molecular weight is 217 g/mol. The first-order chi connectivity index (χ1) is 7.22. The summed E-state index contributed by atoms with van der Waals surface area (Å²) >= 11 is 0. The van der Waals surface area contributed by atoms with E-state index in [0.717, 1.165) is 25.9 Å². The van der Waals surface area contributed by atoms with E-state index in [-0.39, 0.29) is 5.97 Å². The molecule has 0 bridgehead atoms. The summed E-state index contributed by atoms with van der Waals surface area (Å²) in [6, 6.07) is -0.481. The molecule has 0 aliphatic rings. The molecule has 4 nitrogen and oxygen atoms in total. The van der Waals surface area contributed by atoms with Crippen molar-refractivity contribution < 1.29 is 14.3 Å². The summed E-state index contributed by atoms with van der Waals surface area (Å²) in [6.07, 6.45) is 3.73. The molecule has 0 aromatic rings. The van der Waals surface area contributed by atoms with Gasteiger partial charge < -0.3 is 15.2 Å². The molecule has 0 amide bonds. The maximum atomic E-state index is 11.2. The van der Waals surface area contributed by atoms with E-state index in [1.165, 1.54) is 0 Å². The summed E-state index contributed by atoms with van der Waals surface area (Å²) in [5, 5.41) is 0. The van der Waals surface area contributed by atoms with Crippen molar-refractivity contribution in [1.29, 1.82) is 0 Å². The SMILES string of the molecule is CCCCOCCOC(=O)C(N)CCC. The second kappa shape index (κ2) is 9.93. The van der Waals surface area contributed by atoms with Gasteiger partial charge in [0, 0.05) is 6.61 Å². The van der Waals surface area contributed by atoms with E-state index in [0.29, 0.717) is 19.6 Å². The molecule has 15 heavy (non-hydrogen) atoms. The molecular formula is C11H23NO3. The second-order valence-corrected chi connectivity index (χ2v) is 3.53. The Kier molecular flexibility index (Phi) is 9.52. The van der Waals surface area contributed by atoms with E-state index in [4.69, 9.17) is 15.2 Å². The largest absolute Gasteiger partial charge is 0.462 e. The highest BCUT2D eigenvalue weighted by Gasteiger charge is 2.12. The van der Waals surface area contributed by atoms with Gasteiger partial charge >= 0.3 is 5.97 Å². The van der Waals surface area contributed by atoms with E-state index < -0.39 is 6.04 Å². The summed E-state index contributed by atoms with van der Waals surface area (Å²) in [7, 11) is 0. The number of hydrogen-bond donors (Lipinski definition) is 1. The predicted molar refractivity (Wildman–Crippen MR) is 59.6 cm³/mol.